The molecule has 1 aromatic carbocycles. The molecule has 0 amide bonds. The van der Waals surface area contributed by atoms with Gasteiger partial charge in [-0.25, -0.2) is 0 Å². The molecule has 20 heavy (non-hydrogen) atoms. The summed E-state index contributed by atoms with van der Waals surface area (Å²) in [4.78, 5) is 13.5. The normalized spacial score (nSPS) is 23.3. The molecule has 0 bridgehead atoms. The van der Waals surface area contributed by atoms with Gasteiger partial charge in [0, 0.05) is 6.54 Å². The molecule has 3 rings (SSSR count). The highest BCUT2D eigenvalue weighted by Gasteiger charge is 2.28. The van der Waals surface area contributed by atoms with E-state index in [0.717, 1.165) is 32.4 Å². The molecule has 1 atom stereocenters. The summed E-state index contributed by atoms with van der Waals surface area (Å²) in [6.07, 6.45) is 7.94. The third-order valence-corrected chi connectivity index (χ3v) is 4.70. The second-order valence-electron chi connectivity index (χ2n) is 6.13. The summed E-state index contributed by atoms with van der Waals surface area (Å²) < 4.78 is 0. The Kier molecular flexibility index (Phi) is 4.06. The third kappa shape index (κ3) is 2.88. The number of hydrogen-bond donors (Lipinski definition) is 1. The molecule has 1 aromatic rings. The highest BCUT2D eigenvalue weighted by Crippen LogP contribution is 2.25. The van der Waals surface area contributed by atoms with Crippen molar-refractivity contribution in [3.8, 4) is 0 Å². The quantitative estimate of drug-likeness (QED) is 0.920. The number of likely N-dealkylation sites (tertiary alicyclic amines) is 1. The first kappa shape index (κ1) is 13.6. The van der Waals surface area contributed by atoms with E-state index in [0.29, 0.717) is 0 Å². The van der Waals surface area contributed by atoms with Gasteiger partial charge in [-0.1, -0.05) is 24.6 Å². The number of aryl methyl sites for hydroxylation is 2. The number of fused-ring (bicyclic) bond motifs is 1. The van der Waals surface area contributed by atoms with E-state index in [2.05, 4.69) is 23.1 Å². The highest BCUT2D eigenvalue weighted by atomic mass is 16.4. The van der Waals surface area contributed by atoms with Crippen LogP contribution in [0.5, 0.6) is 0 Å². The van der Waals surface area contributed by atoms with Gasteiger partial charge in [-0.3, -0.25) is 9.69 Å². The number of carboxylic acid groups (broad SMARTS) is 1. The summed E-state index contributed by atoms with van der Waals surface area (Å²) >= 11 is 0. The zero-order valence-electron chi connectivity index (χ0n) is 12.0. The number of carboxylic acids is 1. The molecule has 1 aliphatic heterocycles. The minimum Gasteiger partial charge on any atom is -0.480 e. The van der Waals surface area contributed by atoms with Crippen molar-refractivity contribution < 1.29 is 9.90 Å². The van der Waals surface area contributed by atoms with Gasteiger partial charge in [-0.05, 0) is 61.8 Å². The van der Waals surface area contributed by atoms with Crippen LogP contribution in [-0.4, -0.2) is 28.6 Å². The lowest BCUT2D eigenvalue weighted by Gasteiger charge is -2.33. The summed E-state index contributed by atoms with van der Waals surface area (Å²) in [5.74, 6) is -0.664. The van der Waals surface area contributed by atoms with Gasteiger partial charge in [0.1, 0.15) is 6.04 Å². The summed E-state index contributed by atoms with van der Waals surface area (Å²) in [6, 6.07) is 6.46. The van der Waals surface area contributed by atoms with Crippen molar-refractivity contribution in [1.82, 2.24) is 4.90 Å². The Bertz CT molecular complexity index is 498. The van der Waals surface area contributed by atoms with Crippen molar-refractivity contribution in [2.75, 3.05) is 6.54 Å². The highest BCUT2D eigenvalue weighted by molar-refractivity contribution is 5.73. The predicted octanol–water partition coefficient (Wildman–Crippen LogP) is 3.00. The lowest BCUT2D eigenvalue weighted by atomic mass is 9.90. The van der Waals surface area contributed by atoms with Gasteiger partial charge in [0.05, 0.1) is 0 Å². The Hall–Kier alpha value is -1.35. The molecule has 108 valence electrons. The molecular formula is C17H23NO2. The summed E-state index contributed by atoms with van der Waals surface area (Å²) in [5, 5.41) is 9.34. The minimum absolute atomic E-state index is 0.292. The summed E-state index contributed by atoms with van der Waals surface area (Å²) in [5.41, 5.74) is 4.25. The maximum Gasteiger partial charge on any atom is 0.320 e. The molecular weight excluding hydrogens is 250 g/mol. The maximum absolute atomic E-state index is 11.3. The van der Waals surface area contributed by atoms with E-state index in [1.165, 1.54) is 42.4 Å². The average molecular weight is 273 g/mol. The minimum atomic E-state index is -0.664. The fourth-order valence-corrected chi connectivity index (χ4v) is 3.58. The van der Waals surface area contributed by atoms with Gasteiger partial charge in [0.2, 0.25) is 0 Å². The van der Waals surface area contributed by atoms with Gasteiger partial charge >= 0.3 is 5.97 Å². The van der Waals surface area contributed by atoms with Crippen molar-refractivity contribution in [3.05, 3.63) is 34.9 Å². The van der Waals surface area contributed by atoms with E-state index in [1.807, 2.05) is 0 Å². The second-order valence-corrected chi connectivity index (χ2v) is 6.13. The van der Waals surface area contributed by atoms with E-state index < -0.39 is 5.97 Å². The van der Waals surface area contributed by atoms with Crippen molar-refractivity contribution in [3.63, 3.8) is 0 Å². The average Bonchev–Trinajstić information content (AvgIpc) is 2.47. The molecule has 1 heterocycles. The van der Waals surface area contributed by atoms with Gasteiger partial charge in [-0.15, -0.1) is 0 Å². The number of benzene rings is 1. The first-order valence-electron chi connectivity index (χ1n) is 7.81. The van der Waals surface area contributed by atoms with Crippen LogP contribution in [-0.2, 0) is 24.2 Å². The molecule has 1 fully saturated rings. The predicted molar refractivity (Wildman–Crippen MR) is 78.8 cm³/mol. The van der Waals surface area contributed by atoms with E-state index in [4.69, 9.17) is 0 Å². The molecule has 1 N–H and O–H groups in total. The first-order valence-corrected chi connectivity index (χ1v) is 7.81. The van der Waals surface area contributed by atoms with Crippen molar-refractivity contribution in [2.24, 2.45) is 0 Å². The molecule has 0 saturated carbocycles. The molecule has 3 nitrogen and oxygen atoms in total. The Morgan fingerprint density at radius 2 is 1.95 bits per heavy atom. The van der Waals surface area contributed by atoms with Gasteiger partial charge in [-0.2, -0.15) is 0 Å². The molecule has 1 saturated heterocycles. The van der Waals surface area contributed by atoms with Crippen molar-refractivity contribution in [2.45, 2.75) is 57.5 Å². The number of aliphatic carboxylic acids is 1. The Morgan fingerprint density at radius 3 is 2.75 bits per heavy atom. The van der Waals surface area contributed by atoms with E-state index in [9.17, 15) is 9.90 Å². The fraction of sp³-hybridized carbons (Fsp3) is 0.588. The monoisotopic (exact) mass is 273 g/mol. The Labute approximate surface area is 120 Å². The van der Waals surface area contributed by atoms with Gasteiger partial charge < -0.3 is 5.11 Å². The lowest BCUT2D eigenvalue weighted by Crippen LogP contribution is -2.44. The molecule has 0 aromatic heterocycles. The molecule has 0 radical (unpaired) electrons. The Morgan fingerprint density at radius 1 is 1.15 bits per heavy atom. The van der Waals surface area contributed by atoms with Crippen molar-refractivity contribution in [1.29, 1.82) is 0 Å². The number of rotatable bonds is 3. The van der Waals surface area contributed by atoms with E-state index in [1.54, 1.807) is 0 Å². The summed E-state index contributed by atoms with van der Waals surface area (Å²) in [7, 11) is 0. The van der Waals surface area contributed by atoms with Gasteiger partial charge in [0.15, 0.2) is 0 Å². The van der Waals surface area contributed by atoms with Crippen LogP contribution >= 0.6 is 0 Å². The number of carbonyl (C=O) groups is 1. The third-order valence-electron chi connectivity index (χ3n) is 4.70. The number of nitrogens with zero attached hydrogens (tertiary/aromatic N) is 1. The summed E-state index contributed by atoms with van der Waals surface area (Å²) in [6.45, 7) is 1.69. The molecule has 2 aliphatic rings. The SMILES string of the molecule is O=C(O)C1CCCCN1Cc1ccc2c(c1)CCCC2. The molecule has 1 aliphatic carbocycles. The van der Waals surface area contributed by atoms with Crippen LogP contribution in [0.4, 0.5) is 0 Å². The van der Waals surface area contributed by atoms with Gasteiger partial charge in [0.25, 0.3) is 0 Å². The Balaban J connectivity index is 1.74. The van der Waals surface area contributed by atoms with Crippen LogP contribution in [0.2, 0.25) is 0 Å². The van der Waals surface area contributed by atoms with Crippen LogP contribution in [0, 0.1) is 0 Å². The zero-order valence-corrected chi connectivity index (χ0v) is 12.0. The van der Waals surface area contributed by atoms with Crippen LogP contribution in [0.25, 0.3) is 0 Å². The van der Waals surface area contributed by atoms with Crippen LogP contribution in [0.3, 0.4) is 0 Å². The largest absolute Gasteiger partial charge is 0.480 e. The molecule has 1 unspecified atom stereocenters. The van der Waals surface area contributed by atoms with E-state index >= 15 is 0 Å². The van der Waals surface area contributed by atoms with Crippen LogP contribution in [0.1, 0.15) is 48.8 Å². The maximum atomic E-state index is 11.3. The second kappa shape index (κ2) is 5.96. The number of hydrogen-bond acceptors (Lipinski definition) is 2. The topological polar surface area (TPSA) is 40.5 Å². The zero-order chi connectivity index (χ0) is 13.9. The van der Waals surface area contributed by atoms with Crippen LogP contribution in [0.15, 0.2) is 18.2 Å². The molecule has 3 heteroatoms. The lowest BCUT2D eigenvalue weighted by molar-refractivity contribution is -0.144. The smallest absolute Gasteiger partial charge is 0.320 e. The fourth-order valence-electron chi connectivity index (χ4n) is 3.58. The van der Waals surface area contributed by atoms with E-state index in [-0.39, 0.29) is 6.04 Å². The number of piperidine rings is 1. The standard InChI is InChI=1S/C17H23NO2/c19-17(20)16-7-3-4-10-18(16)12-13-8-9-14-5-1-2-6-15(14)11-13/h8-9,11,16H,1-7,10,12H2,(H,19,20). The van der Waals surface area contributed by atoms with Crippen molar-refractivity contribution >= 4 is 5.97 Å². The molecule has 0 spiro atoms. The first-order chi connectivity index (χ1) is 9.74. The van der Waals surface area contributed by atoms with Crippen LogP contribution < -0.4 is 0 Å².